The number of aliphatic carboxylic acids is 1. The lowest BCUT2D eigenvalue weighted by Gasteiger charge is -2.37. The molecule has 0 radical (unpaired) electrons. The Morgan fingerprint density at radius 1 is 0.971 bits per heavy atom. The minimum atomic E-state index is -1.12. The zero-order chi connectivity index (χ0) is 24.4. The monoisotopic (exact) mass is 478 g/mol. The second-order valence-electron chi connectivity index (χ2n) is 9.59. The summed E-state index contributed by atoms with van der Waals surface area (Å²) in [6.07, 6.45) is 2.23. The van der Waals surface area contributed by atoms with Crippen molar-refractivity contribution in [3.8, 4) is 11.1 Å². The van der Waals surface area contributed by atoms with E-state index in [4.69, 9.17) is 9.47 Å². The van der Waals surface area contributed by atoms with Crippen molar-refractivity contribution in [3.63, 3.8) is 0 Å². The number of fused-ring (bicyclic) bond motifs is 3. The average Bonchev–Trinajstić information content (AvgIpc) is 3.46. The smallest absolute Gasteiger partial charge is 0.408 e. The first-order chi connectivity index (χ1) is 17.0. The van der Waals surface area contributed by atoms with E-state index in [1.807, 2.05) is 24.3 Å². The van der Waals surface area contributed by atoms with Gasteiger partial charge in [-0.1, -0.05) is 67.8 Å². The van der Waals surface area contributed by atoms with Crippen LogP contribution in [0, 0.1) is 0 Å². The highest BCUT2D eigenvalue weighted by Crippen LogP contribution is 2.44. The first-order valence-corrected chi connectivity index (χ1v) is 12.3. The van der Waals surface area contributed by atoms with Gasteiger partial charge in [-0.3, -0.25) is 4.79 Å². The first kappa shape index (κ1) is 23.4. The van der Waals surface area contributed by atoms with E-state index in [1.54, 1.807) is 0 Å². The molecule has 2 aromatic rings. The summed E-state index contributed by atoms with van der Waals surface area (Å²) >= 11 is 0. The highest BCUT2D eigenvalue weighted by atomic mass is 16.5. The van der Waals surface area contributed by atoms with Crippen LogP contribution in [0.25, 0.3) is 11.1 Å². The number of carbonyl (C=O) groups is 3. The van der Waals surface area contributed by atoms with Crippen molar-refractivity contribution in [2.45, 2.75) is 62.1 Å². The van der Waals surface area contributed by atoms with Crippen LogP contribution in [0.15, 0.2) is 48.5 Å². The molecule has 1 aliphatic heterocycles. The van der Waals surface area contributed by atoms with E-state index in [9.17, 15) is 19.5 Å². The summed E-state index contributed by atoms with van der Waals surface area (Å²) in [5, 5.41) is 15.1. The number of carboxylic acid groups (broad SMARTS) is 1. The van der Waals surface area contributed by atoms with Crippen LogP contribution >= 0.6 is 0 Å². The minimum absolute atomic E-state index is 0.0729. The molecule has 0 spiro atoms. The average molecular weight is 479 g/mol. The van der Waals surface area contributed by atoms with Crippen LogP contribution < -0.4 is 10.6 Å². The SMILES string of the molecule is O=C(NC1(C(=O)N[C@@H]2CCO[C@@H]2C(=O)O)CCCCC1)OCC1c2ccccc2-c2ccccc21. The third-order valence-electron chi connectivity index (χ3n) is 7.48. The Balaban J connectivity index is 1.28. The number of amides is 2. The van der Waals surface area contributed by atoms with Crippen molar-refractivity contribution in [1.82, 2.24) is 10.6 Å². The van der Waals surface area contributed by atoms with E-state index in [1.165, 1.54) is 0 Å². The third-order valence-corrected chi connectivity index (χ3v) is 7.48. The van der Waals surface area contributed by atoms with Crippen LogP contribution in [0.4, 0.5) is 4.79 Å². The summed E-state index contributed by atoms with van der Waals surface area (Å²) in [7, 11) is 0. The summed E-state index contributed by atoms with van der Waals surface area (Å²) in [5.41, 5.74) is 3.41. The molecule has 3 N–H and O–H groups in total. The zero-order valence-corrected chi connectivity index (χ0v) is 19.5. The topological polar surface area (TPSA) is 114 Å². The molecule has 3 aliphatic rings. The van der Waals surface area contributed by atoms with Gasteiger partial charge in [-0.15, -0.1) is 0 Å². The number of carboxylic acids is 1. The second kappa shape index (κ2) is 9.70. The van der Waals surface area contributed by atoms with Crippen molar-refractivity contribution in [1.29, 1.82) is 0 Å². The number of hydrogen-bond donors (Lipinski definition) is 3. The molecule has 35 heavy (non-hydrogen) atoms. The lowest BCUT2D eigenvalue weighted by Crippen LogP contribution is -2.62. The number of benzene rings is 2. The number of ether oxygens (including phenoxy) is 2. The highest BCUT2D eigenvalue weighted by molar-refractivity contribution is 5.91. The number of hydrogen-bond acceptors (Lipinski definition) is 5. The van der Waals surface area contributed by atoms with Crippen molar-refractivity contribution in [3.05, 3.63) is 59.7 Å². The van der Waals surface area contributed by atoms with Crippen molar-refractivity contribution in [2.24, 2.45) is 0 Å². The normalized spacial score (nSPS) is 22.6. The van der Waals surface area contributed by atoms with Gasteiger partial charge >= 0.3 is 12.1 Å². The molecule has 0 unspecified atom stereocenters. The summed E-state index contributed by atoms with van der Waals surface area (Å²) in [5.74, 6) is -1.54. The lowest BCUT2D eigenvalue weighted by atomic mass is 9.80. The zero-order valence-electron chi connectivity index (χ0n) is 19.5. The molecular formula is C27H30N2O6. The van der Waals surface area contributed by atoms with E-state index in [2.05, 4.69) is 34.9 Å². The van der Waals surface area contributed by atoms with Crippen LogP contribution in [0.5, 0.6) is 0 Å². The number of carbonyl (C=O) groups excluding carboxylic acids is 2. The molecule has 0 bridgehead atoms. The molecule has 2 amide bonds. The lowest BCUT2D eigenvalue weighted by molar-refractivity contribution is -0.148. The summed E-state index contributed by atoms with van der Waals surface area (Å²) in [6, 6.07) is 15.6. The van der Waals surface area contributed by atoms with E-state index in [0.717, 1.165) is 41.5 Å². The fraction of sp³-hybridized carbons (Fsp3) is 0.444. The van der Waals surface area contributed by atoms with Gasteiger partial charge in [0.05, 0.1) is 6.04 Å². The number of alkyl carbamates (subject to hydrolysis) is 1. The van der Waals surface area contributed by atoms with E-state index in [0.29, 0.717) is 19.3 Å². The van der Waals surface area contributed by atoms with Gasteiger partial charge in [0.25, 0.3) is 0 Å². The van der Waals surface area contributed by atoms with Crippen molar-refractivity contribution < 1.29 is 29.0 Å². The Morgan fingerprint density at radius 3 is 2.23 bits per heavy atom. The fourth-order valence-electron chi connectivity index (χ4n) is 5.68. The Labute approximate surface area is 204 Å². The van der Waals surface area contributed by atoms with Gasteiger partial charge < -0.3 is 25.2 Å². The Bertz CT molecular complexity index is 1080. The van der Waals surface area contributed by atoms with Gasteiger partial charge in [-0.2, -0.15) is 0 Å². The second-order valence-corrected chi connectivity index (χ2v) is 9.59. The van der Waals surface area contributed by atoms with Gasteiger partial charge in [0.2, 0.25) is 5.91 Å². The molecule has 2 aliphatic carbocycles. The van der Waals surface area contributed by atoms with Gasteiger partial charge in [0.1, 0.15) is 12.1 Å². The van der Waals surface area contributed by atoms with Crippen LogP contribution in [0.1, 0.15) is 55.6 Å². The molecule has 1 heterocycles. The Morgan fingerprint density at radius 2 is 1.60 bits per heavy atom. The largest absolute Gasteiger partial charge is 0.479 e. The molecule has 2 aromatic carbocycles. The molecule has 0 aromatic heterocycles. The van der Waals surface area contributed by atoms with Crippen molar-refractivity contribution in [2.75, 3.05) is 13.2 Å². The van der Waals surface area contributed by atoms with Gasteiger partial charge in [0.15, 0.2) is 6.10 Å². The van der Waals surface area contributed by atoms with Crippen molar-refractivity contribution >= 4 is 18.0 Å². The molecule has 2 fully saturated rings. The van der Waals surface area contributed by atoms with Crippen LogP contribution in [0.2, 0.25) is 0 Å². The maximum atomic E-state index is 13.3. The van der Waals surface area contributed by atoms with E-state index >= 15 is 0 Å². The van der Waals surface area contributed by atoms with Gasteiger partial charge in [-0.05, 0) is 41.5 Å². The van der Waals surface area contributed by atoms with E-state index < -0.39 is 29.7 Å². The maximum absolute atomic E-state index is 13.3. The Kier molecular flexibility index (Phi) is 6.47. The molecule has 2 atom stereocenters. The standard InChI is InChI=1S/C27H30N2O6/c30-24(31)23-22(12-15-34-23)28-25(32)27(13-6-1-7-14-27)29-26(33)35-16-21-19-10-4-2-8-17(19)18-9-3-5-11-20(18)21/h2-5,8-11,21-23H,1,6-7,12-16H2,(H,28,32)(H,29,33)(H,30,31)/t22-,23+/m1/s1. The van der Waals surface area contributed by atoms with Gasteiger partial charge in [0, 0.05) is 12.5 Å². The highest BCUT2D eigenvalue weighted by Gasteiger charge is 2.45. The predicted octanol–water partition coefficient (Wildman–Crippen LogP) is 3.59. The summed E-state index contributed by atoms with van der Waals surface area (Å²) < 4.78 is 11.0. The maximum Gasteiger partial charge on any atom is 0.408 e. The summed E-state index contributed by atoms with van der Waals surface area (Å²) in [6.45, 7) is 0.434. The van der Waals surface area contributed by atoms with Crippen LogP contribution in [0.3, 0.4) is 0 Å². The van der Waals surface area contributed by atoms with Crippen LogP contribution in [-0.4, -0.2) is 54.0 Å². The molecule has 5 rings (SSSR count). The molecule has 1 saturated heterocycles. The first-order valence-electron chi connectivity index (χ1n) is 12.3. The quantitative estimate of drug-likeness (QED) is 0.585. The van der Waals surface area contributed by atoms with Gasteiger partial charge in [-0.25, -0.2) is 9.59 Å². The Hall–Kier alpha value is -3.39. The number of rotatable bonds is 6. The minimum Gasteiger partial charge on any atom is -0.479 e. The third kappa shape index (κ3) is 4.50. The fourth-order valence-corrected chi connectivity index (χ4v) is 5.68. The van der Waals surface area contributed by atoms with E-state index in [-0.39, 0.29) is 25.0 Å². The number of nitrogens with one attached hydrogen (secondary N) is 2. The molecular weight excluding hydrogens is 448 g/mol. The molecule has 1 saturated carbocycles. The summed E-state index contributed by atoms with van der Waals surface area (Å²) in [4.78, 5) is 37.8. The van der Waals surface area contributed by atoms with Crippen LogP contribution in [-0.2, 0) is 19.1 Å². The molecule has 8 nitrogen and oxygen atoms in total. The molecule has 8 heteroatoms. The predicted molar refractivity (Wildman–Crippen MR) is 128 cm³/mol. The molecule has 184 valence electrons.